The van der Waals surface area contributed by atoms with Crippen LogP contribution in [0.15, 0.2) is 30.3 Å². The van der Waals surface area contributed by atoms with Gasteiger partial charge in [-0.05, 0) is 38.8 Å². The largest absolute Gasteiger partial charge is 0.387 e. The topological polar surface area (TPSA) is 56.0 Å². The van der Waals surface area contributed by atoms with Crippen LogP contribution in [0.25, 0.3) is 0 Å². The van der Waals surface area contributed by atoms with Gasteiger partial charge in [-0.1, -0.05) is 36.8 Å². The van der Waals surface area contributed by atoms with Crippen molar-refractivity contribution >= 4 is 0 Å². The molecule has 19 heavy (non-hydrogen) atoms. The van der Waals surface area contributed by atoms with Crippen LogP contribution in [0.2, 0.25) is 0 Å². The van der Waals surface area contributed by atoms with Gasteiger partial charge in [-0.3, -0.25) is 0 Å². The van der Waals surface area contributed by atoms with Crippen molar-refractivity contribution in [3.8, 4) is 6.07 Å². The smallest absolute Gasteiger partial charge is 0.0914 e. The van der Waals surface area contributed by atoms with Crippen LogP contribution in [0.3, 0.4) is 0 Å². The number of unbranched alkanes of at least 4 members (excludes halogenated alkanes) is 1. The summed E-state index contributed by atoms with van der Waals surface area (Å²) in [6.07, 6.45) is 2.55. The fraction of sp³-hybridized carbons (Fsp3) is 0.562. The van der Waals surface area contributed by atoms with Crippen LogP contribution in [0, 0.1) is 16.7 Å². The molecule has 0 saturated carbocycles. The minimum atomic E-state index is -0.447. The van der Waals surface area contributed by atoms with Gasteiger partial charge in [-0.15, -0.1) is 0 Å². The number of nitrogens with one attached hydrogen (secondary N) is 1. The minimum Gasteiger partial charge on any atom is -0.387 e. The van der Waals surface area contributed by atoms with Crippen molar-refractivity contribution in [2.24, 2.45) is 5.41 Å². The highest BCUT2D eigenvalue weighted by Gasteiger charge is 2.15. The number of nitrogens with zero attached hydrogens (tertiary/aromatic N) is 1. The van der Waals surface area contributed by atoms with Crippen LogP contribution >= 0.6 is 0 Å². The molecule has 0 saturated heterocycles. The Morgan fingerprint density at radius 2 is 1.95 bits per heavy atom. The van der Waals surface area contributed by atoms with E-state index in [-0.39, 0.29) is 5.41 Å². The van der Waals surface area contributed by atoms with Crippen LogP contribution in [0.1, 0.15) is 44.8 Å². The molecule has 0 spiro atoms. The Morgan fingerprint density at radius 1 is 1.26 bits per heavy atom. The molecule has 0 bridgehead atoms. The van der Waals surface area contributed by atoms with Crippen molar-refractivity contribution in [2.75, 3.05) is 13.1 Å². The molecule has 2 N–H and O–H groups in total. The summed E-state index contributed by atoms with van der Waals surface area (Å²) in [6.45, 7) is 5.40. The zero-order valence-corrected chi connectivity index (χ0v) is 11.9. The molecule has 3 nitrogen and oxygen atoms in total. The van der Waals surface area contributed by atoms with Crippen LogP contribution in [-0.2, 0) is 0 Å². The molecular formula is C16H24N2O. The van der Waals surface area contributed by atoms with E-state index in [2.05, 4.69) is 11.4 Å². The lowest BCUT2D eigenvalue weighted by Crippen LogP contribution is -2.22. The molecule has 0 amide bonds. The van der Waals surface area contributed by atoms with Gasteiger partial charge in [-0.2, -0.15) is 5.26 Å². The summed E-state index contributed by atoms with van der Waals surface area (Å²) in [4.78, 5) is 0. The zero-order chi connectivity index (χ0) is 14.1. The van der Waals surface area contributed by atoms with E-state index < -0.39 is 6.10 Å². The summed E-state index contributed by atoms with van der Waals surface area (Å²) in [5, 5.41) is 22.1. The molecule has 104 valence electrons. The highest BCUT2D eigenvalue weighted by atomic mass is 16.3. The van der Waals surface area contributed by atoms with E-state index >= 15 is 0 Å². The molecular weight excluding hydrogens is 236 g/mol. The Kier molecular flexibility index (Phi) is 6.55. The molecule has 0 aliphatic heterocycles. The standard InChI is InChI=1S/C16H24N2O/c1-16(2,13-17)10-6-7-11-18-12-15(19)14-8-4-3-5-9-14/h3-5,8-9,15,18-19H,6-7,10-12H2,1-2H3. The maximum absolute atomic E-state index is 9.94. The van der Waals surface area contributed by atoms with E-state index in [1.165, 1.54) is 0 Å². The van der Waals surface area contributed by atoms with Gasteiger partial charge >= 0.3 is 0 Å². The van der Waals surface area contributed by atoms with Gasteiger partial charge < -0.3 is 10.4 Å². The highest BCUT2D eigenvalue weighted by molar-refractivity contribution is 5.17. The normalized spacial score (nSPS) is 12.9. The Balaban J connectivity index is 2.10. The van der Waals surface area contributed by atoms with E-state index in [9.17, 15) is 5.11 Å². The monoisotopic (exact) mass is 260 g/mol. The third kappa shape index (κ3) is 6.37. The van der Waals surface area contributed by atoms with Crippen molar-refractivity contribution in [1.29, 1.82) is 5.26 Å². The van der Waals surface area contributed by atoms with Crippen LogP contribution < -0.4 is 5.32 Å². The molecule has 1 atom stereocenters. The highest BCUT2D eigenvalue weighted by Crippen LogP contribution is 2.21. The molecule has 1 aromatic rings. The third-order valence-electron chi connectivity index (χ3n) is 3.23. The number of aliphatic hydroxyl groups excluding tert-OH is 1. The fourth-order valence-electron chi connectivity index (χ4n) is 1.90. The predicted molar refractivity (Wildman–Crippen MR) is 77.5 cm³/mol. The average molecular weight is 260 g/mol. The van der Waals surface area contributed by atoms with Gasteiger partial charge in [0.2, 0.25) is 0 Å². The minimum absolute atomic E-state index is 0.219. The number of hydrogen-bond donors (Lipinski definition) is 2. The molecule has 0 heterocycles. The molecule has 0 fully saturated rings. The van der Waals surface area contributed by atoms with E-state index in [4.69, 9.17) is 5.26 Å². The van der Waals surface area contributed by atoms with Crippen LogP contribution in [-0.4, -0.2) is 18.2 Å². The van der Waals surface area contributed by atoms with Crippen LogP contribution in [0.4, 0.5) is 0 Å². The van der Waals surface area contributed by atoms with Crippen molar-refractivity contribution < 1.29 is 5.11 Å². The summed E-state index contributed by atoms with van der Waals surface area (Å²) < 4.78 is 0. The summed E-state index contributed by atoms with van der Waals surface area (Å²) in [5.41, 5.74) is 0.726. The second-order valence-electron chi connectivity index (χ2n) is 5.58. The molecule has 1 rings (SSSR count). The number of aliphatic hydroxyl groups is 1. The summed E-state index contributed by atoms with van der Waals surface area (Å²) in [7, 11) is 0. The lowest BCUT2D eigenvalue weighted by atomic mass is 9.89. The first-order valence-corrected chi connectivity index (χ1v) is 6.90. The number of hydrogen-bond acceptors (Lipinski definition) is 3. The summed E-state index contributed by atoms with van der Waals surface area (Å²) >= 11 is 0. The van der Waals surface area contributed by atoms with E-state index in [1.807, 2.05) is 44.2 Å². The van der Waals surface area contributed by atoms with Gasteiger partial charge in [-0.25, -0.2) is 0 Å². The predicted octanol–water partition coefficient (Wildman–Crippen LogP) is 3.03. The van der Waals surface area contributed by atoms with Gasteiger partial charge in [0.25, 0.3) is 0 Å². The average Bonchev–Trinajstić information content (AvgIpc) is 2.43. The number of benzene rings is 1. The first-order chi connectivity index (χ1) is 9.05. The SMILES string of the molecule is CC(C)(C#N)CCCCNCC(O)c1ccccc1. The molecule has 0 aromatic heterocycles. The molecule has 0 aliphatic rings. The summed E-state index contributed by atoms with van der Waals surface area (Å²) in [5.74, 6) is 0. The van der Waals surface area contributed by atoms with E-state index in [0.29, 0.717) is 6.54 Å². The lowest BCUT2D eigenvalue weighted by molar-refractivity contribution is 0.174. The first kappa shape index (κ1) is 15.7. The van der Waals surface area contributed by atoms with Crippen molar-refractivity contribution in [2.45, 2.75) is 39.2 Å². The molecule has 0 radical (unpaired) electrons. The van der Waals surface area contributed by atoms with Gasteiger partial charge in [0, 0.05) is 6.54 Å². The zero-order valence-electron chi connectivity index (χ0n) is 11.9. The lowest BCUT2D eigenvalue weighted by Gasteiger charge is -2.15. The van der Waals surface area contributed by atoms with Crippen LogP contribution in [0.5, 0.6) is 0 Å². The third-order valence-corrected chi connectivity index (χ3v) is 3.23. The molecule has 0 aliphatic carbocycles. The summed E-state index contributed by atoms with van der Waals surface area (Å²) in [6, 6.07) is 12.0. The maximum atomic E-state index is 9.94. The number of rotatable bonds is 8. The second-order valence-corrected chi connectivity index (χ2v) is 5.58. The van der Waals surface area contributed by atoms with Gasteiger partial charge in [0.15, 0.2) is 0 Å². The van der Waals surface area contributed by atoms with Crippen molar-refractivity contribution in [1.82, 2.24) is 5.32 Å². The van der Waals surface area contributed by atoms with Gasteiger partial charge in [0.05, 0.1) is 17.6 Å². The Morgan fingerprint density at radius 3 is 2.58 bits per heavy atom. The quantitative estimate of drug-likeness (QED) is 0.706. The Bertz CT molecular complexity index is 395. The van der Waals surface area contributed by atoms with E-state index in [0.717, 1.165) is 31.4 Å². The first-order valence-electron chi connectivity index (χ1n) is 6.90. The van der Waals surface area contributed by atoms with E-state index in [1.54, 1.807) is 0 Å². The van der Waals surface area contributed by atoms with Crippen molar-refractivity contribution in [3.05, 3.63) is 35.9 Å². The molecule has 3 heteroatoms. The molecule has 1 unspecified atom stereocenters. The Labute approximate surface area is 116 Å². The fourth-order valence-corrected chi connectivity index (χ4v) is 1.90. The second kappa shape index (κ2) is 7.93. The van der Waals surface area contributed by atoms with Gasteiger partial charge in [0.1, 0.15) is 0 Å². The maximum Gasteiger partial charge on any atom is 0.0914 e. The Hall–Kier alpha value is -1.37. The number of nitriles is 1. The van der Waals surface area contributed by atoms with Crippen molar-refractivity contribution in [3.63, 3.8) is 0 Å². The molecule has 1 aromatic carbocycles.